The van der Waals surface area contributed by atoms with Crippen LogP contribution in [0, 0.1) is 0 Å². The van der Waals surface area contributed by atoms with Crippen molar-refractivity contribution in [2.24, 2.45) is 7.05 Å². The van der Waals surface area contributed by atoms with Crippen LogP contribution in [0.25, 0.3) is 0 Å². The number of hydrogen-bond acceptors (Lipinski definition) is 3. The van der Waals surface area contributed by atoms with Crippen molar-refractivity contribution >= 4 is 23.3 Å². The molecule has 0 atom stereocenters. The molecule has 22 heavy (non-hydrogen) atoms. The van der Waals surface area contributed by atoms with Crippen LogP contribution in [0.3, 0.4) is 0 Å². The summed E-state index contributed by atoms with van der Waals surface area (Å²) >= 11 is 6.12. The number of halogens is 1. The lowest BCUT2D eigenvalue weighted by Crippen LogP contribution is -2.14. The van der Waals surface area contributed by atoms with Gasteiger partial charge < -0.3 is 5.32 Å². The number of anilines is 1. The lowest BCUT2D eigenvalue weighted by molar-refractivity contribution is 0.102. The summed E-state index contributed by atoms with van der Waals surface area (Å²) in [4.78, 5) is 12.1. The standard InChI is InChI=1S/C15H14ClN5O/c1-20-8-7-13(18-20)15(22)17-14-12(16)10-21(19-14)9-11-5-3-2-4-6-11/h2-8,10H,9H2,1H3,(H,17,19,22). The van der Waals surface area contributed by atoms with E-state index in [0.29, 0.717) is 23.1 Å². The largest absolute Gasteiger partial charge is 0.302 e. The molecule has 0 aliphatic rings. The van der Waals surface area contributed by atoms with E-state index < -0.39 is 0 Å². The summed E-state index contributed by atoms with van der Waals surface area (Å²) in [5, 5.41) is 11.4. The molecule has 1 N–H and O–H groups in total. The van der Waals surface area contributed by atoms with E-state index in [1.165, 1.54) is 0 Å². The molecule has 0 aliphatic heterocycles. The number of amides is 1. The van der Waals surface area contributed by atoms with Gasteiger partial charge in [0.05, 0.1) is 6.54 Å². The third-order valence-electron chi connectivity index (χ3n) is 3.08. The number of aryl methyl sites for hydroxylation is 1. The van der Waals surface area contributed by atoms with Crippen LogP contribution in [-0.4, -0.2) is 25.5 Å². The maximum atomic E-state index is 12.1. The van der Waals surface area contributed by atoms with E-state index in [0.717, 1.165) is 5.56 Å². The number of nitrogens with one attached hydrogen (secondary N) is 1. The smallest absolute Gasteiger partial charge is 0.277 e. The highest BCUT2D eigenvalue weighted by molar-refractivity contribution is 6.33. The number of hydrogen-bond donors (Lipinski definition) is 1. The fourth-order valence-electron chi connectivity index (χ4n) is 2.04. The minimum atomic E-state index is -0.340. The minimum Gasteiger partial charge on any atom is -0.302 e. The summed E-state index contributed by atoms with van der Waals surface area (Å²) in [7, 11) is 1.75. The highest BCUT2D eigenvalue weighted by atomic mass is 35.5. The summed E-state index contributed by atoms with van der Waals surface area (Å²) < 4.78 is 3.25. The van der Waals surface area contributed by atoms with Crippen molar-refractivity contribution in [2.45, 2.75) is 6.54 Å². The molecular formula is C15H14ClN5O. The van der Waals surface area contributed by atoms with Gasteiger partial charge in [-0.15, -0.1) is 0 Å². The average Bonchev–Trinajstić information content (AvgIpc) is 3.07. The van der Waals surface area contributed by atoms with Gasteiger partial charge in [-0.05, 0) is 11.6 Å². The molecule has 0 saturated heterocycles. The normalized spacial score (nSPS) is 10.6. The van der Waals surface area contributed by atoms with Crippen LogP contribution in [0.15, 0.2) is 48.8 Å². The molecule has 0 fully saturated rings. The van der Waals surface area contributed by atoms with E-state index in [1.807, 2.05) is 30.3 Å². The number of aromatic nitrogens is 4. The monoisotopic (exact) mass is 315 g/mol. The zero-order chi connectivity index (χ0) is 15.5. The van der Waals surface area contributed by atoms with Gasteiger partial charge in [-0.25, -0.2) is 0 Å². The quantitative estimate of drug-likeness (QED) is 0.804. The molecule has 0 bridgehead atoms. The molecule has 2 aromatic heterocycles. The van der Waals surface area contributed by atoms with Crippen LogP contribution in [-0.2, 0) is 13.6 Å². The van der Waals surface area contributed by atoms with E-state index in [9.17, 15) is 4.79 Å². The van der Waals surface area contributed by atoms with Crippen LogP contribution < -0.4 is 5.32 Å². The summed E-state index contributed by atoms with van der Waals surface area (Å²) in [6.45, 7) is 0.583. The van der Waals surface area contributed by atoms with Gasteiger partial charge >= 0.3 is 0 Å². The predicted octanol–water partition coefficient (Wildman–Crippen LogP) is 2.57. The van der Waals surface area contributed by atoms with E-state index in [4.69, 9.17) is 11.6 Å². The van der Waals surface area contributed by atoms with Crippen molar-refractivity contribution in [1.82, 2.24) is 19.6 Å². The van der Waals surface area contributed by atoms with Gasteiger partial charge in [0.25, 0.3) is 5.91 Å². The first kappa shape index (κ1) is 14.3. The molecule has 0 saturated carbocycles. The van der Waals surface area contributed by atoms with Gasteiger partial charge in [0, 0.05) is 19.4 Å². The first-order valence-electron chi connectivity index (χ1n) is 6.70. The Morgan fingerprint density at radius 2 is 2.00 bits per heavy atom. The maximum absolute atomic E-state index is 12.1. The number of carbonyl (C=O) groups is 1. The van der Waals surface area contributed by atoms with Crippen molar-refractivity contribution in [3.63, 3.8) is 0 Å². The SMILES string of the molecule is Cn1ccc(C(=O)Nc2nn(Cc3ccccc3)cc2Cl)n1. The fourth-order valence-corrected chi connectivity index (χ4v) is 2.24. The first-order chi connectivity index (χ1) is 10.6. The van der Waals surface area contributed by atoms with Crippen molar-refractivity contribution < 1.29 is 4.79 Å². The Hall–Kier alpha value is -2.60. The van der Waals surface area contributed by atoms with E-state index >= 15 is 0 Å². The molecule has 1 amide bonds. The molecule has 3 rings (SSSR count). The Morgan fingerprint density at radius 1 is 1.23 bits per heavy atom. The van der Waals surface area contributed by atoms with Crippen molar-refractivity contribution in [1.29, 1.82) is 0 Å². The molecule has 0 spiro atoms. The second kappa shape index (κ2) is 6.03. The average molecular weight is 316 g/mol. The molecule has 7 heteroatoms. The van der Waals surface area contributed by atoms with Crippen LogP contribution in [0.5, 0.6) is 0 Å². The Bertz CT molecular complexity index is 793. The van der Waals surface area contributed by atoms with Gasteiger partial charge in [-0.2, -0.15) is 10.2 Å². The third kappa shape index (κ3) is 3.17. The van der Waals surface area contributed by atoms with Crippen molar-refractivity contribution in [3.05, 3.63) is 65.1 Å². The predicted molar refractivity (Wildman–Crippen MR) is 83.9 cm³/mol. The van der Waals surface area contributed by atoms with Crippen molar-refractivity contribution in [3.8, 4) is 0 Å². The minimum absolute atomic E-state index is 0.316. The van der Waals surface area contributed by atoms with E-state index in [1.54, 1.807) is 34.9 Å². The molecule has 0 aliphatic carbocycles. The Balaban J connectivity index is 1.74. The van der Waals surface area contributed by atoms with E-state index in [-0.39, 0.29) is 5.91 Å². The van der Waals surface area contributed by atoms with Crippen LogP contribution in [0.2, 0.25) is 5.02 Å². The Kier molecular flexibility index (Phi) is 3.93. The fraction of sp³-hybridized carbons (Fsp3) is 0.133. The lowest BCUT2D eigenvalue weighted by Gasteiger charge is -2.01. The molecular weight excluding hydrogens is 302 g/mol. The maximum Gasteiger partial charge on any atom is 0.277 e. The second-order valence-corrected chi connectivity index (χ2v) is 5.24. The first-order valence-corrected chi connectivity index (χ1v) is 7.07. The molecule has 1 aromatic carbocycles. The van der Waals surface area contributed by atoms with Crippen LogP contribution in [0.1, 0.15) is 16.1 Å². The van der Waals surface area contributed by atoms with Crippen molar-refractivity contribution in [2.75, 3.05) is 5.32 Å². The number of nitrogens with zero attached hydrogens (tertiary/aromatic N) is 4. The highest BCUT2D eigenvalue weighted by Crippen LogP contribution is 2.20. The molecule has 0 radical (unpaired) electrons. The third-order valence-corrected chi connectivity index (χ3v) is 3.36. The second-order valence-electron chi connectivity index (χ2n) is 4.84. The summed E-state index contributed by atoms with van der Waals surface area (Å²) in [6.07, 6.45) is 3.38. The summed E-state index contributed by atoms with van der Waals surface area (Å²) in [5.41, 5.74) is 1.42. The number of rotatable bonds is 4. The van der Waals surface area contributed by atoms with Gasteiger partial charge in [0.1, 0.15) is 5.02 Å². The molecule has 6 nitrogen and oxygen atoms in total. The Labute approximate surface area is 132 Å². The molecule has 2 heterocycles. The lowest BCUT2D eigenvalue weighted by atomic mass is 10.2. The number of benzene rings is 1. The van der Waals surface area contributed by atoms with Gasteiger partial charge in [0.2, 0.25) is 0 Å². The molecule has 3 aromatic rings. The zero-order valence-electron chi connectivity index (χ0n) is 11.9. The number of carbonyl (C=O) groups excluding carboxylic acids is 1. The highest BCUT2D eigenvalue weighted by Gasteiger charge is 2.14. The Morgan fingerprint density at radius 3 is 2.68 bits per heavy atom. The van der Waals surface area contributed by atoms with Gasteiger partial charge in [-0.1, -0.05) is 41.9 Å². The summed E-state index contributed by atoms with van der Waals surface area (Å²) in [6, 6.07) is 11.5. The van der Waals surface area contributed by atoms with E-state index in [2.05, 4.69) is 15.5 Å². The molecule has 0 unspecified atom stereocenters. The summed E-state index contributed by atoms with van der Waals surface area (Å²) in [5.74, 6) is -0.0132. The van der Waals surface area contributed by atoms with Crippen LogP contribution >= 0.6 is 11.6 Å². The zero-order valence-corrected chi connectivity index (χ0v) is 12.7. The van der Waals surface area contributed by atoms with Crippen LogP contribution in [0.4, 0.5) is 5.82 Å². The molecule has 112 valence electrons. The van der Waals surface area contributed by atoms with Gasteiger partial charge in [-0.3, -0.25) is 14.2 Å². The topological polar surface area (TPSA) is 64.7 Å². The van der Waals surface area contributed by atoms with Gasteiger partial charge in [0.15, 0.2) is 11.5 Å².